The Bertz CT molecular complexity index is 631. The van der Waals surface area contributed by atoms with Gasteiger partial charge < -0.3 is 14.5 Å². The Kier molecular flexibility index (Phi) is 3.84. The van der Waals surface area contributed by atoms with Gasteiger partial charge in [0.2, 0.25) is 5.76 Å². The van der Waals surface area contributed by atoms with Gasteiger partial charge in [-0.15, -0.1) is 0 Å². The molecule has 0 saturated carbocycles. The minimum atomic E-state index is -0.974. The van der Waals surface area contributed by atoms with Gasteiger partial charge in [-0.3, -0.25) is 4.79 Å². The first kappa shape index (κ1) is 13.8. The summed E-state index contributed by atoms with van der Waals surface area (Å²) in [5.74, 6) is -1.02. The molecule has 0 saturated heterocycles. The summed E-state index contributed by atoms with van der Waals surface area (Å²) in [6.45, 7) is 2.11. The van der Waals surface area contributed by atoms with Crippen LogP contribution in [-0.2, 0) is 6.54 Å². The van der Waals surface area contributed by atoms with Crippen LogP contribution in [0.3, 0.4) is 0 Å². The lowest BCUT2D eigenvalue weighted by Gasteiger charge is -2.15. The molecule has 104 valence electrons. The van der Waals surface area contributed by atoms with Gasteiger partial charge >= 0.3 is 5.97 Å². The van der Waals surface area contributed by atoms with Gasteiger partial charge in [0.1, 0.15) is 0 Å². The minimum Gasteiger partial charge on any atom is -0.478 e. The van der Waals surface area contributed by atoms with Crippen molar-refractivity contribution in [1.82, 2.24) is 10.1 Å². The summed E-state index contributed by atoms with van der Waals surface area (Å²) < 4.78 is 4.92. The third-order valence-corrected chi connectivity index (χ3v) is 2.91. The Labute approximate surface area is 115 Å². The van der Waals surface area contributed by atoms with Crippen molar-refractivity contribution in [2.75, 3.05) is 7.05 Å². The second kappa shape index (κ2) is 5.56. The van der Waals surface area contributed by atoms with Crippen LogP contribution in [0.25, 0.3) is 0 Å². The quantitative estimate of drug-likeness (QED) is 0.921. The zero-order valence-electron chi connectivity index (χ0n) is 11.2. The average molecular weight is 274 g/mol. The maximum atomic E-state index is 12.1. The Morgan fingerprint density at radius 1 is 1.30 bits per heavy atom. The van der Waals surface area contributed by atoms with Crippen molar-refractivity contribution < 1.29 is 19.2 Å². The van der Waals surface area contributed by atoms with E-state index >= 15 is 0 Å². The van der Waals surface area contributed by atoms with Crippen LogP contribution >= 0.6 is 0 Å². The number of rotatable bonds is 4. The fourth-order valence-corrected chi connectivity index (χ4v) is 1.77. The molecule has 0 spiro atoms. The first-order chi connectivity index (χ1) is 9.49. The smallest absolute Gasteiger partial charge is 0.335 e. The molecule has 2 aromatic rings. The second-order valence-electron chi connectivity index (χ2n) is 4.50. The molecule has 0 fully saturated rings. The first-order valence-corrected chi connectivity index (χ1v) is 5.98. The van der Waals surface area contributed by atoms with Crippen LogP contribution < -0.4 is 0 Å². The van der Waals surface area contributed by atoms with E-state index in [1.54, 1.807) is 26.1 Å². The van der Waals surface area contributed by atoms with E-state index in [9.17, 15) is 9.59 Å². The van der Waals surface area contributed by atoms with E-state index in [0.717, 1.165) is 5.56 Å². The van der Waals surface area contributed by atoms with Crippen molar-refractivity contribution >= 4 is 11.9 Å². The van der Waals surface area contributed by atoms with Gasteiger partial charge in [0, 0.05) is 19.2 Å². The number of carboxylic acid groups (broad SMARTS) is 1. The molecule has 1 aromatic carbocycles. The van der Waals surface area contributed by atoms with Crippen LogP contribution in [0.4, 0.5) is 0 Å². The van der Waals surface area contributed by atoms with Crippen LogP contribution in [0.15, 0.2) is 35.0 Å². The number of aryl methyl sites for hydroxylation is 1. The lowest BCUT2D eigenvalue weighted by atomic mass is 10.1. The van der Waals surface area contributed by atoms with Crippen LogP contribution in [0.5, 0.6) is 0 Å². The molecule has 0 aliphatic rings. The SMILES string of the molecule is Cc1cnoc1C(=O)N(C)Cc1ccc(C(=O)O)cc1. The molecule has 20 heavy (non-hydrogen) atoms. The minimum absolute atomic E-state index is 0.216. The van der Waals surface area contributed by atoms with E-state index in [2.05, 4.69) is 5.16 Å². The molecule has 1 N–H and O–H groups in total. The lowest BCUT2D eigenvalue weighted by molar-refractivity contribution is 0.0694. The summed E-state index contributed by atoms with van der Waals surface area (Å²) >= 11 is 0. The molecular weight excluding hydrogens is 260 g/mol. The molecule has 0 aliphatic heterocycles. The predicted octanol–water partition coefficient (Wildman–Crippen LogP) is 1.95. The molecule has 0 radical (unpaired) electrons. The van der Waals surface area contributed by atoms with E-state index in [0.29, 0.717) is 12.1 Å². The van der Waals surface area contributed by atoms with E-state index in [1.165, 1.54) is 23.2 Å². The maximum absolute atomic E-state index is 12.1. The van der Waals surface area contributed by atoms with Crippen molar-refractivity contribution in [3.8, 4) is 0 Å². The molecule has 6 heteroatoms. The topological polar surface area (TPSA) is 83.6 Å². The van der Waals surface area contributed by atoms with Crippen LogP contribution in [0.2, 0.25) is 0 Å². The van der Waals surface area contributed by atoms with Gasteiger partial charge in [-0.25, -0.2) is 4.79 Å². The van der Waals surface area contributed by atoms with E-state index in [-0.39, 0.29) is 17.2 Å². The monoisotopic (exact) mass is 274 g/mol. The first-order valence-electron chi connectivity index (χ1n) is 5.98. The molecule has 0 bridgehead atoms. The summed E-state index contributed by atoms with van der Waals surface area (Å²) in [6.07, 6.45) is 1.49. The normalized spacial score (nSPS) is 10.3. The maximum Gasteiger partial charge on any atom is 0.335 e. The van der Waals surface area contributed by atoms with Gasteiger partial charge in [0.05, 0.1) is 11.8 Å². The second-order valence-corrected chi connectivity index (χ2v) is 4.50. The number of benzene rings is 1. The highest BCUT2D eigenvalue weighted by Gasteiger charge is 2.18. The van der Waals surface area contributed by atoms with Gasteiger partial charge in [-0.1, -0.05) is 17.3 Å². The van der Waals surface area contributed by atoms with Crippen molar-refractivity contribution in [2.45, 2.75) is 13.5 Å². The molecule has 0 aliphatic carbocycles. The van der Waals surface area contributed by atoms with Gasteiger partial charge in [-0.05, 0) is 24.6 Å². The molecule has 1 aromatic heterocycles. The Morgan fingerprint density at radius 3 is 2.45 bits per heavy atom. The number of hydrogen-bond donors (Lipinski definition) is 1. The third-order valence-electron chi connectivity index (χ3n) is 2.91. The standard InChI is InChI=1S/C14H14N2O4/c1-9-7-15-20-12(9)13(17)16(2)8-10-3-5-11(6-4-10)14(18)19/h3-7H,8H2,1-2H3,(H,18,19). The zero-order chi connectivity index (χ0) is 14.7. The van der Waals surface area contributed by atoms with Crippen LogP contribution in [0.1, 0.15) is 32.0 Å². The van der Waals surface area contributed by atoms with Crippen molar-refractivity contribution in [3.63, 3.8) is 0 Å². The Hall–Kier alpha value is -2.63. The van der Waals surface area contributed by atoms with Crippen LogP contribution in [0, 0.1) is 6.92 Å². The third kappa shape index (κ3) is 2.85. The highest BCUT2D eigenvalue weighted by atomic mass is 16.5. The number of aromatic nitrogens is 1. The number of amides is 1. The average Bonchev–Trinajstić information content (AvgIpc) is 2.84. The zero-order valence-corrected chi connectivity index (χ0v) is 11.2. The molecule has 1 heterocycles. The largest absolute Gasteiger partial charge is 0.478 e. The van der Waals surface area contributed by atoms with Crippen molar-refractivity contribution in [2.24, 2.45) is 0 Å². The summed E-state index contributed by atoms with van der Waals surface area (Å²) in [5.41, 5.74) is 1.74. The summed E-state index contributed by atoms with van der Waals surface area (Å²) in [6, 6.07) is 6.38. The van der Waals surface area contributed by atoms with Crippen molar-refractivity contribution in [3.05, 3.63) is 52.9 Å². The van der Waals surface area contributed by atoms with E-state index < -0.39 is 5.97 Å². The van der Waals surface area contributed by atoms with Gasteiger partial charge in [0.15, 0.2) is 0 Å². The number of carboxylic acids is 1. The van der Waals surface area contributed by atoms with E-state index in [4.69, 9.17) is 9.63 Å². The van der Waals surface area contributed by atoms with Crippen LogP contribution in [-0.4, -0.2) is 34.1 Å². The molecule has 6 nitrogen and oxygen atoms in total. The summed E-state index contributed by atoms with van der Waals surface area (Å²) in [4.78, 5) is 24.3. The molecule has 2 rings (SSSR count). The molecule has 1 amide bonds. The lowest BCUT2D eigenvalue weighted by Crippen LogP contribution is -2.26. The van der Waals surface area contributed by atoms with Crippen molar-refractivity contribution in [1.29, 1.82) is 0 Å². The number of carbonyl (C=O) groups excluding carboxylic acids is 1. The van der Waals surface area contributed by atoms with Gasteiger partial charge in [0.25, 0.3) is 5.91 Å². The molecular formula is C14H14N2O4. The Balaban J connectivity index is 2.08. The summed E-state index contributed by atoms with van der Waals surface area (Å²) in [5, 5.41) is 12.4. The summed E-state index contributed by atoms with van der Waals surface area (Å²) in [7, 11) is 1.65. The highest BCUT2D eigenvalue weighted by Crippen LogP contribution is 2.12. The number of carbonyl (C=O) groups is 2. The molecule has 0 unspecified atom stereocenters. The molecule has 0 atom stereocenters. The number of nitrogens with zero attached hydrogens (tertiary/aromatic N) is 2. The van der Waals surface area contributed by atoms with E-state index in [1.807, 2.05) is 0 Å². The Morgan fingerprint density at radius 2 is 1.95 bits per heavy atom. The van der Waals surface area contributed by atoms with Gasteiger partial charge in [-0.2, -0.15) is 0 Å². The highest BCUT2D eigenvalue weighted by molar-refractivity contribution is 5.92. The fourth-order valence-electron chi connectivity index (χ4n) is 1.77. The number of aromatic carboxylic acids is 1. The number of hydrogen-bond acceptors (Lipinski definition) is 4. The predicted molar refractivity (Wildman–Crippen MR) is 70.4 cm³/mol. The fraction of sp³-hybridized carbons (Fsp3) is 0.214.